The topological polar surface area (TPSA) is 68.0 Å². The predicted molar refractivity (Wildman–Crippen MR) is 84.7 cm³/mol. The minimum Gasteiger partial charge on any atom is -0.356 e. The van der Waals surface area contributed by atoms with Crippen LogP contribution in [0.15, 0.2) is 34.9 Å². The van der Waals surface area contributed by atoms with Crippen LogP contribution in [-0.2, 0) is 6.54 Å². The zero-order chi connectivity index (χ0) is 16.4. The Labute approximate surface area is 136 Å². The predicted octanol–water partition coefficient (Wildman–Crippen LogP) is 3.48. The van der Waals surface area contributed by atoms with Crippen LogP contribution in [0.3, 0.4) is 0 Å². The summed E-state index contributed by atoms with van der Waals surface area (Å²) in [6.45, 7) is 3.85. The first-order valence-corrected chi connectivity index (χ1v) is 7.79. The Kier molecular flexibility index (Phi) is 4.20. The first kappa shape index (κ1) is 15.4. The van der Waals surface area contributed by atoms with E-state index >= 15 is 0 Å². The molecule has 1 amide bonds. The summed E-state index contributed by atoms with van der Waals surface area (Å²) in [5.74, 6) is -0.254. The molecule has 0 radical (unpaired) electrons. The molecule has 0 atom stereocenters. The molecule has 1 aromatic carbocycles. The third-order valence-corrected chi connectivity index (χ3v) is 4.31. The molecule has 0 saturated carbocycles. The molecule has 0 aliphatic carbocycles. The van der Waals surface area contributed by atoms with E-state index in [4.69, 9.17) is 4.52 Å². The van der Waals surface area contributed by atoms with Crippen molar-refractivity contribution >= 4 is 17.2 Å². The summed E-state index contributed by atoms with van der Waals surface area (Å²) in [6, 6.07) is 7.91. The van der Waals surface area contributed by atoms with Crippen molar-refractivity contribution in [2.75, 3.05) is 0 Å². The number of nitrogens with zero attached hydrogens (tertiary/aromatic N) is 2. The van der Waals surface area contributed by atoms with E-state index in [1.165, 1.54) is 17.4 Å². The number of aryl methyl sites for hydroxylation is 2. The molecule has 2 heterocycles. The molecular formula is C16H14FN3O2S. The van der Waals surface area contributed by atoms with E-state index in [0.717, 1.165) is 5.01 Å². The van der Waals surface area contributed by atoms with Gasteiger partial charge in [0, 0.05) is 6.07 Å². The van der Waals surface area contributed by atoms with Crippen molar-refractivity contribution in [3.8, 4) is 11.3 Å². The fourth-order valence-electron chi connectivity index (χ4n) is 2.18. The molecule has 5 nitrogen and oxygen atoms in total. The standard InChI is InChI=1S/C16H14FN3O2S/c1-9-15(23-10(2)19-9)16(21)18-8-11-7-14(22-20-11)12-5-3-4-6-13(12)17/h3-7H,8H2,1-2H3,(H,18,21). The molecule has 2 aromatic heterocycles. The first-order chi connectivity index (χ1) is 11.0. The molecule has 3 aromatic rings. The number of rotatable bonds is 4. The summed E-state index contributed by atoms with van der Waals surface area (Å²) in [6.07, 6.45) is 0. The maximum atomic E-state index is 13.7. The van der Waals surface area contributed by atoms with E-state index in [-0.39, 0.29) is 18.3 Å². The Morgan fingerprint density at radius 1 is 1.35 bits per heavy atom. The lowest BCUT2D eigenvalue weighted by Gasteiger charge is -2.00. The second-order valence-electron chi connectivity index (χ2n) is 4.99. The van der Waals surface area contributed by atoms with E-state index in [2.05, 4.69) is 15.5 Å². The second-order valence-corrected chi connectivity index (χ2v) is 6.20. The summed E-state index contributed by atoms with van der Waals surface area (Å²) in [5.41, 5.74) is 1.57. The molecule has 0 fully saturated rings. The Morgan fingerprint density at radius 2 is 2.13 bits per heavy atom. The minimum absolute atomic E-state index is 0.202. The Morgan fingerprint density at radius 3 is 2.83 bits per heavy atom. The Balaban J connectivity index is 1.69. The SMILES string of the molecule is Cc1nc(C)c(C(=O)NCc2cc(-c3ccccc3F)on2)s1. The molecular weight excluding hydrogens is 317 g/mol. The van der Waals surface area contributed by atoms with Crippen molar-refractivity contribution in [2.24, 2.45) is 0 Å². The highest BCUT2D eigenvalue weighted by molar-refractivity contribution is 7.13. The number of carbonyl (C=O) groups is 1. The van der Waals surface area contributed by atoms with Crippen LogP contribution in [0, 0.1) is 19.7 Å². The van der Waals surface area contributed by atoms with Crippen LogP contribution in [0.5, 0.6) is 0 Å². The van der Waals surface area contributed by atoms with E-state index in [1.807, 2.05) is 6.92 Å². The van der Waals surface area contributed by atoms with Crippen LogP contribution in [0.1, 0.15) is 26.1 Å². The smallest absolute Gasteiger partial charge is 0.263 e. The van der Waals surface area contributed by atoms with Crippen LogP contribution in [0.4, 0.5) is 4.39 Å². The zero-order valence-corrected chi connectivity index (χ0v) is 13.4. The highest BCUT2D eigenvalue weighted by Gasteiger charge is 2.15. The van der Waals surface area contributed by atoms with Gasteiger partial charge in [0.1, 0.15) is 16.4 Å². The van der Waals surface area contributed by atoms with Gasteiger partial charge in [-0.25, -0.2) is 9.37 Å². The third-order valence-electron chi connectivity index (χ3n) is 3.24. The summed E-state index contributed by atoms with van der Waals surface area (Å²) in [5, 5.41) is 7.47. The number of halogens is 1. The van der Waals surface area contributed by atoms with Crippen LogP contribution >= 0.6 is 11.3 Å². The molecule has 1 N–H and O–H groups in total. The number of hydrogen-bond donors (Lipinski definition) is 1. The van der Waals surface area contributed by atoms with Gasteiger partial charge in [0.05, 0.1) is 22.8 Å². The van der Waals surface area contributed by atoms with E-state index in [9.17, 15) is 9.18 Å². The van der Waals surface area contributed by atoms with Crippen molar-refractivity contribution in [3.05, 3.63) is 57.4 Å². The first-order valence-electron chi connectivity index (χ1n) is 6.97. The molecule has 0 bridgehead atoms. The highest BCUT2D eigenvalue weighted by Crippen LogP contribution is 2.23. The quantitative estimate of drug-likeness (QED) is 0.795. The molecule has 0 spiro atoms. The molecule has 23 heavy (non-hydrogen) atoms. The molecule has 0 aliphatic rings. The van der Waals surface area contributed by atoms with Gasteiger partial charge in [0.2, 0.25) is 0 Å². The molecule has 7 heteroatoms. The second kappa shape index (κ2) is 6.29. The van der Waals surface area contributed by atoms with E-state index in [1.54, 1.807) is 31.2 Å². The number of benzene rings is 1. The van der Waals surface area contributed by atoms with Crippen LogP contribution in [0.2, 0.25) is 0 Å². The van der Waals surface area contributed by atoms with E-state index in [0.29, 0.717) is 27.6 Å². The fraction of sp³-hybridized carbons (Fsp3) is 0.188. The molecule has 0 saturated heterocycles. The molecule has 0 unspecified atom stereocenters. The normalized spacial score (nSPS) is 10.7. The number of amides is 1. The Hall–Kier alpha value is -2.54. The maximum Gasteiger partial charge on any atom is 0.263 e. The van der Waals surface area contributed by atoms with Crippen molar-refractivity contribution in [1.29, 1.82) is 0 Å². The molecule has 3 rings (SSSR count). The Bertz CT molecular complexity index is 857. The van der Waals surface area contributed by atoms with Gasteiger partial charge in [-0.3, -0.25) is 4.79 Å². The van der Waals surface area contributed by atoms with Crippen molar-refractivity contribution < 1.29 is 13.7 Å². The summed E-state index contributed by atoms with van der Waals surface area (Å²) < 4.78 is 18.8. The lowest BCUT2D eigenvalue weighted by Crippen LogP contribution is -2.22. The van der Waals surface area contributed by atoms with Crippen molar-refractivity contribution in [3.63, 3.8) is 0 Å². The van der Waals surface area contributed by atoms with Gasteiger partial charge in [0.15, 0.2) is 5.76 Å². The molecule has 118 valence electrons. The number of thiazole rings is 1. The average molecular weight is 331 g/mol. The summed E-state index contributed by atoms with van der Waals surface area (Å²) in [4.78, 5) is 16.9. The van der Waals surface area contributed by atoms with Gasteiger partial charge in [-0.2, -0.15) is 0 Å². The maximum absolute atomic E-state index is 13.7. The lowest BCUT2D eigenvalue weighted by atomic mass is 10.1. The summed E-state index contributed by atoms with van der Waals surface area (Å²) >= 11 is 1.35. The number of carbonyl (C=O) groups excluding carboxylic acids is 1. The lowest BCUT2D eigenvalue weighted by molar-refractivity contribution is 0.0953. The van der Waals surface area contributed by atoms with Gasteiger partial charge >= 0.3 is 0 Å². The number of hydrogen-bond acceptors (Lipinski definition) is 5. The zero-order valence-electron chi connectivity index (χ0n) is 12.6. The largest absolute Gasteiger partial charge is 0.356 e. The highest BCUT2D eigenvalue weighted by atomic mass is 32.1. The van der Waals surface area contributed by atoms with Gasteiger partial charge < -0.3 is 9.84 Å². The average Bonchev–Trinajstić information content (AvgIpc) is 3.12. The third kappa shape index (κ3) is 3.29. The van der Waals surface area contributed by atoms with Crippen molar-refractivity contribution in [2.45, 2.75) is 20.4 Å². The van der Waals surface area contributed by atoms with Gasteiger partial charge in [0.25, 0.3) is 5.91 Å². The van der Waals surface area contributed by atoms with Crippen molar-refractivity contribution in [1.82, 2.24) is 15.5 Å². The van der Waals surface area contributed by atoms with Gasteiger partial charge in [-0.05, 0) is 26.0 Å². The summed E-state index contributed by atoms with van der Waals surface area (Å²) in [7, 11) is 0. The number of aromatic nitrogens is 2. The van der Waals surface area contributed by atoms with Gasteiger partial charge in [-0.1, -0.05) is 17.3 Å². The van der Waals surface area contributed by atoms with Crippen LogP contribution in [0.25, 0.3) is 11.3 Å². The minimum atomic E-state index is -0.380. The van der Waals surface area contributed by atoms with E-state index < -0.39 is 0 Å². The molecule has 0 aliphatic heterocycles. The fourth-order valence-corrected chi connectivity index (χ4v) is 3.01. The number of nitrogens with one attached hydrogen (secondary N) is 1. The van der Waals surface area contributed by atoms with Crippen LogP contribution < -0.4 is 5.32 Å². The van der Waals surface area contributed by atoms with Gasteiger partial charge in [-0.15, -0.1) is 11.3 Å². The van der Waals surface area contributed by atoms with Crippen LogP contribution in [-0.4, -0.2) is 16.0 Å². The monoisotopic (exact) mass is 331 g/mol.